The van der Waals surface area contributed by atoms with Crippen molar-refractivity contribution in [2.75, 3.05) is 13.7 Å². The van der Waals surface area contributed by atoms with Crippen molar-refractivity contribution in [2.45, 2.75) is 45.1 Å². The third kappa shape index (κ3) is 3.64. The number of rotatable bonds is 4. The summed E-state index contributed by atoms with van der Waals surface area (Å²) < 4.78 is 10.7. The molecule has 1 aromatic rings. The minimum absolute atomic E-state index is 0.299. The Bertz CT molecular complexity index is 536. The highest BCUT2D eigenvalue weighted by atomic mass is 32.1. The van der Waals surface area contributed by atoms with E-state index in [9.17, 15) is 4.79 Å². The molecule has 0 amide bonds. The third-order valence-electron chi connectivity index (χ3n) is 3.52. The van der Waals surface area contributed by atoms with Crippen molar-refractivity contribution in [3.8, 4) is 0 Å². The summed E-state index contributed by atoms with van der Waals surface area (Å²) in [5.74, 6) is 0.354. The van der Waals surface area contributed by atoms with Crippen LogP contribution in [0.5, 0.6) is 0 Å². The molecule has 0 bridgehead atoms. The molecule has 1 unspecified atom stereocenters. The van der Waals surface area contributed by atoms with Crippen LogP contribution in [-0.4, -0.2) is 35.8 Å². The minimum atomic E-state index is -0.446. The summed E-state index contributed by atoms with van der Waals surface area (Å²) in [6.07, 6.45) is 5.51. The molecule has 2 rings (SSSR count). The molecule has 0 aromatic carbocycles. The highest BCUT2D eigenvalue weighted by Gasteiger charge is 2.16. The van der Waals surface area contributed by atoms with Gasteiger partial charge in [-0.15, -0.1) is 0 Å². The van der Waals surface area contributed by atoms with Crippen LogP contribution in [0.15, 0.2) is 0 Å². The largest absolute Gasteiger partial charge is 0.465 e. The lowest BCUT2D eigenvalue weighted by Crippen LogP contribution is -2.20. The number of hydrogen-bond donors (Lipinski definition) is 1. The maximum absolute atomic E-state index is 11.6. The zero-order chi connectivity index (χ0) is 14.5. The van der Waals surface area contributed by atoms with Gasteiger partial charge in [-0.3, -0.25) is 0 Å². The number of nitrogens with one attached hydrogen (secondary N) is 1. The fraction of sp³-hybridized carbons (Fsp3) is 0.643. The van der Waals surface area contributed by atoms with E-state index in [2.05, 4.69) is 9.97 Å². The fourth-order valence-corrected chi connectivity index (χ4v) is 2.79. The van der Waals surface area contributed by atoms with Gasteiger partial charge in [-0.1, -0.05) is 12.2 Å². The van der Waals surface area contributed by atoms with Crippen LogP contribution < -0.4 is 0 Å². The van der Waals surface area contributed by atoms with Crippen LogP contribution in [0.2, 0.25) is 0 Å². The van der Waals surface area contributed by atoms with E-state index in [0.717, 1.165) is 38.1 Å². The Morgan fingerprint density at radius 2 is 2.35 bits per heavy atom. The Morgan fingerprint density at radius 1 is 1.55 bits per heavy atom. The normalized spacial score (nSPS) is 18.8. The summed E-state index contributed by atoms with van der Waals surface area (Å²) in [4.78, 5) is 19.0. The Labute approximate surface area is 123 Å². The van der Waals surface area contributed by atoms with Gasteiger partial charge >= 0.3 is 5.97 Å². The molecule has 1 fully saturated rings. The van der Waals surface area contributed by atoms with E-state index < -0.39 is 5.97 Å². The molecule has 2 heterocycles. The number of H-pyrrole nitrogens is 1. The topological polar surface area (TPSA) is 64.2 Å². The summed E-state index contributed by atoms with van der Waals surface area (Å²) in [5.41, 5.74) is 1.05. The van der Waals surface area contributed by atoms with Gasteiger partial charge in [0, 0.05) is 18.7 Å². The second kappa shape index (κ2) is 6.95. The minimum Gasteiger partial charge on any atom is -0.465 e. The molecule has 110 valence electrons. The van der Waals surface area contributed by atoms with Crippen LogP contribution in [0.4, 0.5) is 0 Å². The number of aromatic nitrogens is 2. The second-order valence-corrected chi connectivity index (χ2v) is 5.39. The molecular formula is C14H20N2O3S. The smallest absolute Gasteiger partial charge is 0.342 e. The van der Waals surface area contributed by atoms with Crippen molar-refractivity contribution in [1.82, 2.24) is 9.97 Å². The van der Waals surface area contributed by atoms with E-state index in [1.807, 2.05) is 6.92 Å². The number of aryl methyl sites for hydroxylation is 2. The van der Waals surface area contributed by atoms with E-state index in [1.165, 1.54) is 13.5 Å². The first kappa shape index (κ1) is 15.1. The van der Waals surface area contributed by atoms with Crippen LogP contribution in [0.1, 0.15) is 47.6 Å². The Morgan fingerprint density at radius 3 is 2.95 bits per heavy atom. The van der Waals surface area contributed by atoms with E-state index >= 15 is 0 Å². The first-order chi connectivity index (χ1) is 9.61. The van der Waals surface area contributed by atoms with E-state index in [1.54, 1.807) is 0 Å². The van der Waals surface area contributed by atoms with Gasteiger partial charge in [0.05, 0.1) is 13.2 Å². The molecule has 0 aliphatic carbocycles. The van der Waals surface area contributed by atoms with Gasteiger partial charge in [-0.25, -0.2) is 9.78 Å². The molecule has 0 spiro atoms. The van der Waals surface area contributed by atoms with Gasteiger partial charge in [0.25, 0.3) is 0 Å². The number of ether oxygens (including phenoxy) is 2. The molecule has 5 nitrogen and oxygen atoms in total. The monoisotopic (exact) mass is 296 g/mol. The summed E-state index contributed by atoms with van der Waals surface area (Å²) in [6.45, 7) is 2.67. The Balaban J connectivity index is 2.06. The predicted octanol–water partition coefficient (Wildman–Crippen LogP) is 2.74. The zero-order valence-corrected chi connectivity index (χ0v) is 12.7. The summed E-state index contributed by atoms with van der Waals surface area (Å²) in [7, 11) is 1.34. The maximum Gasteiger partial charge on any atom is 0.342 e. The number of nitrogens with zero attached hydrogens (tertiary/aromatic N) is 1. The van der Waals surface area contributed by atoms with Crippen LogP contribution in [0.25, 0.3) is 0 Å². The number of carbonyl (C=O) groups excluding carboxylic acids is 1. The van der Waals surface area contributed by atoms with E-state index in [-0.39, 0.29) is 0 Å². The van der Waals surface area contributed by atoms with Crippen LogP contribution >= 0.6 is 12.2 Å². The molecular weight excluding hydrogens is 276 g/mol. The average Bonchev–Trinajstić information content (AvgIpc) is 2.45. The van der Waals surface area contributed by atoms with Crippen LogP contribution in [0, 0.1) is 11.6 Å². The Kier molecular flexibility index (Phi) is 5.25. The summed E-state index contributed by atoms with van der Waals surface area (Å²) in [6, 6.07) is 0. The number of hydrogen-bond acceptors (Lipinski definition) is 5. The molecule has 20 heavy (non-hydrogen) atoms. The van der Waals surface area contributed by atoms with Crippen molar-refractivity contribution >= 4 is 18.2 Å². The van der Waals surface area contributed by atoms with Gasteiger partial charge < -0.3 is 14.5 Å². The SMILES string of the molecule is COC(=O)c1c(C)[nH]c(CCC2CCCCO2)nc1=S. The number of carbonyl (C=O) groups is 1. The lowest BCUT2D eigenvalue weighted by molar-refractivity contribution is 0.0112. The van der Waals surface area contributed by atoms with Crippen LogP contribution in [-0.2, 0) is 15.9 Å². The molecule has 6 heteroatoms. The van der Waals surface area contributed by atoms with Gasteiger partial charge in [0.15, 0.2) is 0 Å². The molecule has 1 aliphatic rings. The Hall–Kier alpha value is -1.27. The van der Waals surface area contributed by atoms with E-state index in [0.29, 0.717) is 22.0 Å². The standard InChI is InChI=1S/C14H20N2O3S/c1-9-12(14(17)18-2)13(20)16-11(15-9)7-6-10-5-3-4-8-19-10/h10H,3-8H2,1-2H3,(H,15,16,20). The molecule has 0 saturated carbocycles. The molecule has 1 atom stereocenters. The van der Waals surface area contributed by atoms with Crippen molar-refractivity contribution in [3.05, 3.63) is 21.7 Å². The van der Waals surface area contributed by atoms with Crippen molar-refractivity contribution in [1.29, 1.82) is 0 Å². The first-order valence-electron chi connectivity index (χ1n) is 6.91. The van der Waals surface area contributed by atoms with Gasteiger partial charge in [-0.05, 0) is 32.6 Å². The molecule has 1 saturated heterocycles. The molecule has 1 aromatic heterocycles. The number of methoxy groups -OCH3 is 1. The third-order valence-corrected chi connectivity index (χ3v) is 3.82. The predicted molar refractivity (Wildman–Crippen MR) is 77.4 cm³/mol. The number of aromatic amines is 1. The lowest BCUT2D eigenvalue weighted by atomic mass is 10.0. The lowest BCUT2D eigenvalue weighted by Gasteiger charge is -2.22. The quantitative estimate of drug-likeness (QED) is 0.683. The van der Waals surface area contributed by atoms with Crippen molar-refractivity contribution in [3.63, 3.8) is 0 Å². The van der Waals surface area contributed by atoms with Gasteiger partial charge in [-0.2, -0.15) is 0 Å². The van der Waals surface area contributed by atoms with Crippen molar-refractivity contribution < 1.29 is 14.3 Å². The molecule has 0 radical (unpaired) electrons. The highest BCUT2D eigenvalue weighted by Crippen LogP contribution is 2.17. The number of esters is 1. The zero-order valence-electron chi connectivity index (χ0n) is 11.9. The highest BCUT2D eigenvalue weighted by molar-refractivity contribution is 7.71. The van der Waals surface area contributed by atoms with Crippen LogP contribution in [0.3, 0.4) is 0 Å². The second-order valence-electron chi connectivity index (χ2n) is 5.01. The van der Waals surface area contributed by atoms with Crippen molar-refractivity contribution in [2.24, 2.45) is 0 Å². The summed E-state index contributed by atoms with van der Waals surface area (Å²) in [5, 5.41) is 0. The first-order valence-corrected chi connectivity index (χ1v) is 7.32. The average molecular weight is 296 g/mol. The van der Waals surface area contributed by atoms with E-state index in [4.69, 9.17) is 21.7 Å². The van der Waals surface area contributed by atoms with Gasteiger partial charge in [0.1, 0.15) is 16.0 Å². The van der Waals surface area contributed by atoms with Gasteiger partial charge in [0.2, 0.25) is 0 Å². The maximum atomic E-state index is 11.6. The summed E-state index contributed by atoms with van der Waals surface area (Å²) >= 11 is 5.18. The fourth-order valence-electron chi connectivity index (χ4n) is 2.44. The molecule has 1 aliphatic heterocycles. The molecule has 1 N–H and O–H groups in total.